The highest BCUT2D eigenvalue weighted by atomic mass is 32.1. The molecule has 0 aliphatic heterocycles. The van der Waals surface area contributed by atoms with Gasteiger partial charge in [-0.1, -0.05) is 43.9 Å². The van der Waals surface area contributed by atoms with E-state index in [0.29, 0.717) is 0 Å². The Labute approximate surface area is 113 Å². The van der Waals surface area contributed by atoms with E-state index in [1.54, 1.807) is 0 Å². The lowest BCUT2D eigenvalue weighted by Crippen LogP contribution is -2.11. The Kier molecular flexibility index (Phi) is 3.67. The van der Waals surface area contributed by atoms with Crippen molar-refractivity contribution in [2.24, 2.45) is 11.7 Å². The molecule has 0 radical (unpaired) electrons. The summed E-state index contributed by atoms with van der Waals surface area (Å²) >= 11 is 1.82. The highest BCUT2D eigenvalue weighted by Crippen LogP contribution is 2.33. The third-order valence-electron chi connectivity index (χ3n) is 4.27. The second-order valence-electron chi connectivity index (χ2n) is 5.52. The highest BCUT2D eigenvalue weighted by molar-refractivity contribution is 7.17. The minimum atomic E-state index is 0.216. The predicted molar refractivity (Wildman–Crippen MR) is 79.9 cm³/mol. The van der Waals surface area contributed by atoms with E-state index >= 15 is 0 Å². The van der Waals surface area contributed by atoms with E-state index in [1.165, 1.54) is 47.8 Å². The number of thiophene rings is 1. The van der Waals surface area contributed by atoms with Crippen LogP contribution in [0.2, 0.25) is 0 Å². The molecule has 18 heavy (non-hydrogen) atoms. The molecule has 0 amide bonds. The summed E-state index contributed by atoms with van der Waals surface area (Å²) in [5, 5.41) is 3.51. The van der Waals surface area contributed by atoms with Crippen molar-refractivity contribution in [3.63, 3.8) is 0 Å². The number of benzene rings is 1. The van der Waals surface area contributed by atoms with Gasteiger partial charge in [0.05, 0.1) is 0 Å². The summed E-state index contributed by atoms with van der Waals surface area (Å²) in [4.78, 5) is 0. The fourth-order valence-electron chi connectivity index (χ4n) is 3.18. The van der Waals surface area contributed by atoms with Gasteiger partial charge in [-0.3, -0.25) is 0 Å². The van der Waals surface area contributed by atoms with Gasteiger partial charge in [-0.15, -0.1) is 11.3 Å². The molecule has 0 spiro atoms. The topological polar surface area (TPSA) is 26.0 Å². The quantitative estimate of drug-likeness (QED) is 0.832. The van der Waals surface area contributed by atoms with Gasteiger partial charge in [0, 0.05) is 10.7 Å². The van der Waals surface area contributed by atoms with E-state index in [4.69, 9.17) is 5.73 Å². The highest BCUT2D eigenvalue weighted by Gasteiger charge is 2.17. The van der Waals surface area contributed by atoms with Gasteiger partial charge in [0.2, 0.25) is 0 Å². The van der Waals surface area contributed by atoms with Crippen LogP contribution in [0, 0.1) is 5.92 Å². The van der Waals surface area contributed by atoms with Crippen LogP contribution in [0.1, 0.15) is 50.1 Å². The van der Waals surface area contributed by atoms with Gasteiger partial charge < -0.3 is 5.73 Å². The molecule has 1 unspecified atom stereocenters. The van der Waals surface area contributed by atoms with E-state index in [2.05, 4.69) is 29.6 Å². The average Bonchev–Trinajstić information content (AvgIpc) is 3.05. The van der Waals surface area contributed by atoms with Crippen LogP contribution in [0.3, 0.4) is 0 Å². The number of hydrogen-bond donors (Lipinski definition) is 1. The van der Waals surface area contributed by atoms with Gasteiger partial charge >= 0.3 is 0 Å². The Morgan fingerprint density at radius 1 is 1.22 bits per heavy atom. The second-order valence-corrected chi connectivity index (χ2v) is 6.44. The number of hydrogen-bond acceptors (Lipinski definition) is 2. The zero-order valence-electron chi connectivity index (χ0n) is 10.8. The van der Waals surface area contributed by atoms with Gasteiger partial charge in [0.1, 0.15) is 0 Å². The summed E-state index contributed by atoms with van der Waals surface area (Å²) in [6.45, 7) is 0. The summed E-state index contributed by atoms with van der Waals surface area (Å²) in [5.74, 6) is 0.943. The number of nitrogens with two attached hydrogens (primary N) is 1. The smallest absolute Gasteiger partial charge is 0.0390 e. The van der Waals surface area contributed by atoms with Crippen LogP contribution in [0.25, 0.3) is 10.1 Å². The van der Waals surface area contributed by atoms with Crippen molar-refractivity contribution in [1.82, 2.24) is 0 Å². The standard InChI is InChI=1S/C16H21NS/c17-15(9-8-12-4-1-2-5-12)14-7-3-6-13-10-11-18-16(13)14/h3,6-7,10-12,15H,1-2,4-5,8-9,17H2. The van der Waals surface area contributed by atoms with Crippen LogP contribution in [-0.2, 0) is 0 Å². The molecule has 1 aromatic heterocycles. The van der Waals surface area contributed by atoms with Crippen molar-refractivity contribution in [2.75, 3.05) is 0 Å². The van der Waals surface area contributed by atoms with Gasteiger partial charge in [0.15, 0.2) is 0 Å². The lowest BCUT2D eigenvalue weighted by Gasteiger charge is -2.15. The van der Waals surface area contributed by atoms with Crippen molar-refractivity contribution in [3.05, 3.63) is 35.2 Å². The van der Waals surface area contributed by atoms with Crippen LogP contribution in [-0.4, -0.2) is 0 Å². The van der Waals surface area contributed by atoms with E-state index in [9.17, 15) is 0 Å². The Morgan fingerprint density at radius 3 is 2.89 bits per heavy atom. The summed E-state index contributed by atoms with van der Waals surface area (Å²) < 4.78 is 1.39. The van der Waals surface area contributed by atoms with Crippen molar-refractivity contribution in [2.45, 2.75) is 44.6 Å². The maximum absolute atomic E-state index is 6.41. The molecule has 96 valence electrons. The molecule has 0 saturated heterocycles. The fraction of sp³-hybridized carbons (Fsp3) is 0.500. The predicted octanol–water partition coefficient (Wildman–Crippen LogP) is 4.87. The SMILES string of the molecule is NC(CCC1CCCC1)c1cccc2ccsc12. The molecular weight excluding hydrogens is 238 g/mol. The molecule has 1 aliphatic carbocycles. The summed E-state index contributed by atoms with van der Waals surface area (Å²) in [6, 6.07) is 8.93. The first-order valence-corrected chi connectivity index (χ1v) is 7.94. The van der Waals surface area contributed by atoms with Gasteiger partial charge in [-0.2, -0.15) is 0 Å². The summed E-state index contributed by atoms with van der Waals surface area (Å²) in [5.41, 5.74) is 7.75. The van der Waals surface area contributed by atoms with Gasteiger partial charge in [-0.25, -0.2) is 0 Å². The molecule has 1 heterocycles. The number of fused-ring (bicyclic) bond motifs is 1. The molecule has 1 aromatic carbocycles. The molecule has 2 heteroatoms. The summed E-state index contributed by atoms with van der Waals surface area (Å²) in [6.07, 6.45) is 8.16. The van der Waals surface area contributed by atoms with E-state index in [-0.39, 0.29) is 6.04 Å². The zero-order chi connectivity index (χ0) is 12.4. The molecule has 1 saturated carbocycles. The Hall–Kier alpha value is -0.860. The maximum Gasteiger partial charge on any atom is 0.0390 e. The first-order chi connectivity index (χ1) is 8.84. The van der Waals surface area contributed by atoms with Crippen LogP contribution in [0.5, 0.6) is 0 Å². The normalized spacial score (nSPS) is 18.5. The molecule has 1 atom stereocenters. The molecule has 1 fully saturated rings. The van der Waals surface area contributed by atoms with E-state index in [1.807, 2.05) is 11.3 Å². The Balaban J connectivity index is 1.71. The minimum Gasteiger partial charge on any atom is -0.324 e. The first-order valence-electron chi connectivity index (χ1n) is 7.06. The zero-order valence-corrected chi connectivity index (χ0v) is 11.6. The molecule has 3 rings (SSSR count). The third-order valence-corrected chi connectivity index (χ3v) is 5.25. The third kappa shape index (κ3) is 2.45. The average molecular weight is 259 g/mol. The van der Waals surface area contributed by atoms with Gasteiger partial charge in [0.25, 0.3) is 0 Å². The molecular formula is C16H21NS. The van der Waals surface area contributed by atoms with Crippen LogP contribution >= 0.6 is 11.3 Å². The van der Waals surface area contributed by atoms with Gasteiger partial charge in [-0.05, 0) is 41.2 Å². The van der Waals surface area contributed by atoms with E-state index in [0.717, 1.165) is 12.3 Å². The fourth-order valence-corrected chi connectivity index (χ4v) is 4.16. The first kappa shape index (κ1) is 12.2. The maximum atomic E-state index is 6.41. The number of rotatable bonds is 4. The molecule has 2 N–H and O–H groups in total. The lowest BCUT2D eigenvalue weighted by atomic mass is 9.95. The Bertz CT molecular complexity index is 511. The molecule has 0 bridgehead atoms. The van der Waals surface area contributed by atoms with Crippen LogP contribution in [0.15, 0.2) is 29.6 Å². The molecule has 1 nitrogen and oxygen atoms in total. The Morgan fingerprint density at radius 2 is 2.06 bits per heavy atom. The lowest BCUT2D eigenvalue weighted by molar-refractivity contribution is 0.455. The monoisotopic (exact) mass is 259 g/mol. The van der Waals surface area contributed by atoms with Crippen LogP contribution in [0.4, 0.5) is 0 Å². The largest absolute Gasteiger partial charge is 0.324 e. The molecule has 2 aromatic rings. The molecule has 1 aliphatic rings. The van der Waals surface area contributed by atoms with Crippen molar-refractivity contribution in [3.8, 4) is 0 Å². The van der Waals surface area contributed by atoms with Crippen molar-refractivity contribution < 1.29 is 0 Å². The van der Waals surface area contributed by atoms with Crippen molar-refractivity contribution >= 4 is 21.4 Å². The second kappa shape index (κ2) is 5.41. The minimum absolute atomic E-state index is 0.216. The van der Waals surface area contributed by atoms with Crippen LogP contribution < -0.4 is 5.73 Å². The van der Waals surface area contributed by atoms with Crippen molar-refractivity contribution in [1.29, 1.82) is 0 Å². The summed E-state index contributed by atoms with van der Waals surface area (Å²) in [7, 11) is 0. The van der Waals surface area contributed by atoms with E-state index < -0.39 is 0 Å².